The average molecular weight is 666 g/mol. The number of aromatic nitrogens is 4. The first kappa shape index (κ1) is 29.5. The Hall–Kier alpha value is -7.36. The Morgan fingerprint density at radius 1 is 0.462 bits per heavy atom. The van der Waals surface area contributed by atoms with E-state index in [9.17, 15) is 0 Å². The lowest BCUT2D eigenvalue weighted by Gasteiger charge is -2.16. The van der Waals surface area contributed by atoms with Crippen LogP contribution in [0, 0.1) is 6.57 Å². The van der Waals surface area contributed by atoms with Gasteiger partial charge in [0, 0.05) is 43.8 Å². The number of hydrogen-bond acceptors (Lipinski definition) is 4. The zero-order valence-corrected chi connectivity index (χ0v) is 27.7. The molecule has 6 nitrogen and oxygen atoms in total. The Kier molecular flexibility index (Phi) is 6.76. The fourth-order valence-corrected chi connectivity index (χ4v) is 7.31. The summed E-state index contributed by atoms with van der Waals surface area (Å²) in [6, 6.07) is 55.2. The number of fused-ring (bicyclic) bond motifs is 6. The minimum Gasteiger partial charge on any atom is -0.456 e. The van der Waals surface area contributed by atoms with Crippen molar-refractivity contribution in [2.75, 3.05) is 0 Å². The molecule has 0 aliphatic rings. The molecule has 242 valence electrons. The molecular formula is C46H27N5O. The van der Waals surface area contributed by atoms with E-state index in [4.69, 9.17) is 25.9 Å². The number of benzene rings is 7. The van der Waals surface area contributed by atoms with Gasteiger partial charge < -0.3 is 8.98 Å². The van der Waals surface area contributed by atoms with E-state index in [1.54, 1.807) is 0 Å². The van der Waals surface area contributed by atoms with Crippen LogP contribution in [0.5, 0.6) is 0 Å². The molecule has 10 aromatic rings. The zero-order valence-electron chi connectivity index (χ0n) is 27.7. The Balaban J connectivity index is 1.32. The van der Waals surface area contributed by atoms with Gasteiger partial charge in [0.1, 0.15) is 11.2 Å². The summed E-state index contributed by atoms with van der Waals surface area (Å²) in [4.78, 5) is 19.2. The highest BCUT2D eigenvalue weighted by Crippen LogP contribution is 2.42. The maximum atomic E-state index is 7.83. The third kappa shape index (κ3) is 4.76. The maximum absolute atomic E-state index is 7.83. The lowest BCUT2D eigenvalue weighted by molar-refractivity contribution is 0.669. The van der Waals surface area contributed by atoms with Gasteiger partial charge in [0.05, 0.1) is 17.8 Å². The average Bonchev–Trinajstić information content (AvgIpc) is 3.76. The van der Waals surface area contributed by atoms with E-state index in [0.29, 0.717) is 23.2 Å². The lowest BCUT2D eigenvalue weighted by atomic mass is 9.96. The fraction of sp³-hybridized carbons (Fsp3) is 0. The molecule has 0 atom stereocenters. The maximum Gasteiger partial charge on any atom is 0.189 e. The second kappa shape index (κ2) is 11.9. The predicted molar refractivity (Wildman–Crippen MR) is 209 cm³/mol. The Bertz CT molecular complexity index is 2970. The number of nitrogens with zero attached hydrogens (tertiary/aromatic N) is 5. The monoisotopic (exact) mass is 665 g/mol. The first-order valence-corrected chi connectivity index (χ1v) is 17.1. The molecule has 0 spiro atoms. The van der Waals surface area contributed by atoms with E-state index in [1.807, 2.05) is 109 Å². The number of rotatable bonds is 5. The Morgan fingerprint density at radius 2 is 1.10 bits per heavy atom. The molecule has 0 fully saturated rings. The summed E-state index contributed by atoms with van der Waals surface area (Å²) in [5, 5.41) is 4.29. The first-order chi connectivity index (χ1) is 25.7. The minimum atomic E-state index is 0.543. The van der Waals surface area contributed by atoms with Crippen LogP contribution in [0.25, 0.3) is 99.6 Å². The second-order valence-electron chi connectivity index (χ2n) is 12.7. The summed E-state index contributed by atoms with van der Waals surface area (Å²) in [6.07, 6.45) is 0. The molecule has 6 heteroatoms. The van der Waals surface area contributed by atoms with Gasteiger partial charge in [-0.3, -0.25) is 0 Å². The van der Waals surface area contributed by atoms with Crippen LogP contribution >= 0.6 is 0 Å². The Morgan fingerprint density at radius 3 is 1.85 bits per heavy atom. The standard InChI is InChI=1S/C46H27N5O/c1-47-32-24-25-35-34-17-8-10-20-38(34)51(40(35)28-32)39-26-23-31(33-19-12-22-42-43(33)36-18-9-11-21-41(36)52-42)27-37(39)46-49-44(29-13-4-2-5-14-29)48-45(50-46)30-15-6-3-7-16-30/h2-28H. The first-order valence-electron chi connectivity index (χ1n) is 17.1. The van der Waals surface area contributed by atoms with Crippen LogP contribution < -0.4 is 0 Å². The molecule has 3 aromatic heterocycles. The van der Waals surface area contributed by atoms with Crippen molar-refractivity contribution < 1.29 is 4.42 Å². The van der Waals surface area contributed by atoms with E-state index in [2.05, 4.69) is 64.0 Å². The van der Waals surface area contributed by atoms with E-state index in [0.717, 1.165) is 77.2 Å². The Labute approximate surface area is 298 Å². The number of para-hydroxylation sites is 2. The van der Waals surface area contributed by atoms with Crippen molar-refractivity contribution in [2.24, 2.45) is 0 Å². The van der Waals surface area contributed by atoms with E-state index >= 15 is 0 Å². The van der Waals surface area contributed by atoms with Gasteiger partial charge in [-0.15, -0.1) is 0 Å². The summed E-state index contributed by atoms with van der Waals surface area (Å²) in [5.41, 5.74) is 9.78. The molecule has 7 aromatic carbocycles. The van der Waals surface area contributed by atoms with E-state index in [1.165, 1.54) is 0 Å². The molecule has 3 heterocycles. The van der Waals surface area contributed by atoms with Gasteiger partial charge in [-0.1, -0.05) is 127 Å². The van der Waals surface area contributed by atoms with Crippen LogP contribution in [0.15, 0.2) is 168 Å². The SMILES string of the molecule is [C-]#[N+]c1ccc2c3ccccc3n(-c3ccc(-c4cccc5oc6ccccc6c45)cc3-c3nc(-c4ccccc4)nc(-c4ccccc4)n3)c2c1. The molecule has 0 aliphatic carbocycles. The van der Waals surface area contributed by atoms with Crippen molar-refractivity contribution in [1.29, 1.82) is 0 Å². The van der Waals surface area contributed by atoms with Crippen LogP contribution in [0.2, 0.25) is 0 Å². The minimum absolute atomic E-state index is 0.543. The van der Waals surface area contributed by atoms with Crippen molar-refractivity contribution in [3.8, 4) is 51.0 Å². The zero-order chi connectivity index (χ0) is 34.6. The summed E-state index contributed by atoms with van der Waals surface area (Å²) >= 11 is 0. The molecule has 52 heavy (non-hydrogen) atoms. The van der Waals surface area contributed by atoms with Gasteiger partial charge in [-0.25, -0.2) is 19.8 Å². The molecule has 0 saturated heterocycles. The summed E-state index contributed by atoms with van der Waals surface area (Å²) < 4.78 is 8.54. The summed E-state index contributed by atoms with van der Waals surface area (Å²) in [6.45, 7) is 7.83. The van der Waals surface area contributed by atoms with Crippen LogP contribution in [0.3, 0.4) is 0 Å². The van der Waals surface area contributed by atoms with Crippen molar-refractivity contribution in [3.05, 3.63) is 175 Å². The third-order valence-corrected chi connectivity index (χ3v) is 9.68. The normalized spacial score (nSPS) is 11.4. The van der Waals surface area contributed by atoms with Gasteiger partial charge in [0.2, 0.25) is 0 Å². The van der Waals surface area contributed by atoms with E-state index in [-0.39, 0.29) is 0 Å². The van der Waals surface area contributed by atoms with E-state index < -0.39 is 0 Å². The van der Waals surface area contributed by atoms with Gasteiger partial charge in [0.15, 0.2) is 23.2 Å². The lowest BCUT2D eigenvalue weighted by Crippen LogP contribution is -2.04. The fourth-order valence-electron chi connectivity index (χ4n) is 7.31. The molecule has 0 amide bonds. The van der Waals surface area contributed by atoms with Gasteiger partial charge in [-0.2, -0.15) is 0 Å². The highest BCUT2D eigenvalue weighted by Gasteiger charge is 2.21. The molecular weight excluding hydrogens is 639 g/mol. The second-order valence-corrected chi connectivity index (χ2v) is 12.7. The molecule has 10 rings (SSSR count). The summed E-state index contributed by atoms with van der Waals surface area (Å²) in [7, 11) is 0. The quantitative estimate of drug-likeness (QED) is 0.172. The van der Waals surface area contributed by atoms with Gasteiger partial charge in [0.25, 0.3) is 0 Å². The topological polar surface area (TPSA) is 61.1 Å². The molecule has 0 aliphatic heterocycles. The molecule has 0 radical (unpaired) electrons. The molecule has 0 N–H and O–H groups in total. The largest absolute Gasteiger partial charge is 0.456 e. The van der Waals surface area contributed by atoms with Crippen molar-refractivity contribution in [1.82, 2.24) is 19.5 Å². The number of furan rings is 1. The molecule has 0 unspecified atom stereocenters. The number of hydrogen-bond donors (Lipinski definition) is 0. The third-order valence-electron chi connectivity index (χ3n) is 9.68. The highest BCUT2D eigenvalue weighted by atomic mass is 16.3. The van der Waals surface area contributed by atoms with Crippen molar-refractivity contribution >= 4 is 49.4 Å². The van der Waals surface area contributed by atoms with Crippen LogP contribution in [0.4, 0.5) is 5.69 Å². The van der Waals surface area contributed by atoms with Crippen molar-refractivity contribution in [2.45, 2.75) is 0 Å². The molecule has 0 saturated carbocycles. The van der Waals surface area contributed by atoms with Crippen LogP contribution in [-0.2, 0) is 0 Å². The highest BCUT2D eigenvalue weighted by molar-refractivity contribution is 6.13. The van der Waals surface area contributed by atoms with Crippen LogP contribution in [-0.4, -0.2) is 19.5 Å². The van der Waals surface area contributed by atoms with Gasteiger partial charge >= 0.3 is 0 Å². The smallest absolute Gasteiger partial charge is 0.189 e. The van der Waals surface area contributed by atoms with Crippen LogP contribution in [0.1, 0.15) is 0 Å². The van der Waals surface area contributed by atoms with Crippen molar-refractivity contribution in [3.63, 3.8) is 0 Å². The molecule has 0 bridgehead atoms. The predicted octanol–water partition coefficient (Wildman–Crippen LogP) is 12.1. The summed E-state index contributed by atoms with van der Waals surface area (Å²) in [5.74, 6) is 1.71. The van der Waals surface area contributed by atoms with Gasteiger partial charge in [-0.05, 0) is 47.5 Å².